The van der Waals surface area contributed by atoms with Gasteiger partial charge in [-0.1, -0.05) is 28.1 Å². The second kappa shape index (κ2) is 5.54. The van der Waals surface area contributed by atoms with Crippen molar-refractivity contribution in [1.82, 2.24) is 4.90 Å². The van der Waals surface area contributed by atoms with Gasteiger partial charge in [0.1, 0.15) is 0 Å². The molecule has 3 nitrogen and oxygen atoms in total. The Labute approximate surface area is 111 Å². The van der Waals surface area contributed by atoms with Crippen molar-refractivity contribution < 1.29 is 9.53 Å². The van der Waals surface area contributed by atoms with Gasteiger partial charge in [-0.3, -0.25) is 4.90 Å². The van der Waals surface area contributed by atoms with Crippen molar-refractivity contribution >= 4 is 22.0 Å². The lowest BCUT2D eigenvalue weighted by molar-refractivity contribution is 0.0793. The molecule has 1 aromatic carbocycles. The summed E-state index contributed by atoms with van der Waals surface area (Å²) < 4.78 is 5.84. The average molecular weight is 300 g/mol. The van der Waals surface area contributed by atoms with Crippen LogP contribution in [0, 0.1) is 0 Å². The van der Waals surface area contributed by atoms with Crippen molar-refractivity contribution in [2.75, 3.05) is 7.11 Å². The molecule has 0 saturated carbocycles. The Morgan fingerprint density at radius 3 is 2.24 bits per heavy atom. The topological polar surface area (TPSA) is 29.5 Å². The highest BCUT2D eigenvalue weighted by Crippen LogP contribution is 2.19. The number of rotatable bonds is 2. The monoisotopic (exact) mass is 299 g/mol. The molecule has 0 fully saturated rings. The molecule has 0 atom stereocenters. The van der Waals surface area contributed by atoms with Crippen LogP contribution in [0.25, 0.3) is 0 Å². The number of methoxy groups -OCH3 is 1. The third-order valence-electron chi connectivity index (χ3n) is 2.46. The van der Waals surface area contributed by atoms with Crippen molar-refractivity contribution in [3.05, 3.63) is 34.3 Å². The van der Waals surface area contributed by atoms with Crippen molar-refractivity contribution in [3.63, 3.8) is 0 Å². The molecule has 17 heavy (non-hydrogen) atoms. The zero-order valence-corrected chi connectivity index (χ0v) is 12.2. The summed E-state index contributed by atoms with van der Waals surface area (Å²) >= 11 is 3.39. The van der Waals surface area contributed by atoms with Gasteiger partial charge in [0, 0.05) is 16.6 Å². The number of carbonyl (C=O) groups is 1. The van der Waals surface area contributed by atoms with Crippen LogP contribution in [0.2, 0.25) is 0 Å². The fourth-order valence-corrected chi connectivity index (χ4v) is 1.72. The lowest BCUT2D eigenvalue weighted by Gasteiger charge is -2.34. The number of amides is 1. The number of halogens is 1. The molecule has 4 heteroatoms. The van der Waals surface area contributed by atoms with Gasteiger partial charge in [-0.2, -0.15) is 0 Å². The Bertz CT molecular complexity index is 381. The van der Waals surface area contributed by atoms with Gasteiger partial charge in [-0.05, 0) is 38.5 Å². The van der Waals surface area contributed by atoms with Crippen LogP contribution < -0.4 is 0 Å². The molecule has 0 bridgehead atoms. The molecule has 0 aromatic heterocycles. The van der Waals surface area contributed by atoms with E-state index in [0.29, 0.717) is 6.54 Å². The van der Waals surface area contributed by atoms with E-state index < -0.39 is 0 Å². The summed E-state index contributed by atoms with van der Waals surface area (Å²) in [6, 6.07) is 7.92. The molecule has 94 valence electrons. The quantitative estimate of drug-likeness (QED) is 0.831. The minimum absolute atomic E-state index is 0.264. The summed E-state index contributed by atoms with van der Waals surface area (Å²) in [4.78, 5) is 13.4. The van der Waals surface area contributed by atoms with Crippen LogP contribution >= 0.6 is 15.9 Å². The summed E-state index contributed by atoms with van der Waals surface area (Å²) in [5.74, 6) is 0. The van der Waals surface area contributed by atoms with E-state index in [0.717, 1.165) is 10.0 Å². The SMILES string of the molecule is COC(=O)N(Cc1ccc(Br)cc1)C(C)(C)C. The predicted octanol–water partition coefficient (Wildman–Crippen LogP) is 3.82. The normalized spacial score (nSPS) is 11.1. The number of hydrogen-bond donors (Lipinski definition) is 0. The number of carbonyl (C=O) groups excluding carboxylic acids is 1. The summed E-state index contributed by atoms with van der Waals surface area (Å²) in [7, 11) is 1.41. The van der Waals surface area contributed by atoms with Gasteiger partial charge in [-0.15, -0.1) is 0 Å². The third-order valence-corrected chi connectivity index (χ3v) is 2.99. The summed E-state index contributed by atoms with van der Waals surface area (Å²) in [5, 5.41) is 0. The van der Waals surface area contributed by atoms with E-state index in [1.54, 1.807) is 4.90 Å². The zero-order chi connectivity index (χ0) is 13.1. The second-order valence-electron chi connectivity index (χ2n) is 4.85. The Kier molecular flexibility index (Phi) is 4.57. The van der Waals surface area contributed by atoms with Gasteiger partial charge in [0.2, 0.25) is 0 Å². The van der Waals surface area contributed by atoms with Crippen LogP contribution in [-0.4, -0.2) is 23.6 Å². The highest BCUT2D eigenvalue weighted by atomic mass is 79.9. The van der Waals surface area contributed by atoms with E-state index in [9.17, 15) is 4.79 Å². The molecule has 0 radical (unpaired) electrons. The van der Waals surface area contributed by atoms with Crippen LogP contribution in [0.15, 0.2) is 28.7 Å². The lowest BCUT2D eigenvalue weighted by atomic mass is 10.1. The smallest absolute Gasteiger partial charge is 0.410 e. The van der Waals surface area contributed by atoms with Crippen LogP contribution in [-0.2, 0) is 11.3 Å². The highest BCUT2D eigenvalue weighted by Gasteiger charge is 2.27. The van der Waals surface area contributed by atoms with Gasteiger partial charge in [0.15, 0.2) is 0 Å². The fourth-order valence-electron chi connectivity index (χ4n) is 1.46. The fraction of sp³-hybridized carbons (Fsp3) is 0.462. The maximum absolute atomic E-state index is 11.7. The predicted molar refractivity (Wildman–Crippen MR) is 71.8 cm³/mol. The van der Waals surface area contributed by atoms with Gasteiger partial charge in [0.05, 0.1) is 7.11 Å². The molecule has 0 unspecified atom stereocenters. The first-order chi connectivity index (χ1) is 7.84. The number of nitrogens with zero attached hydrogens (tertiary/aromatic N) is 1. The van der Waals surface area contributed by atoms with E-state index >= 15 is 0 Å². The van der Waals surface area contributed by atoms with Crippen LogP contribution in [0.3, 0.4) is 0 Å². The Morgan fingerprint density at radius 2 is 1.82 bits per heavy atom. The Balaban J connectivity index is 2.87. The molecule has 1 aromatic rings. The van der Waals surface area contributed by atoms with E-state index in [-0.39, 0.29) is 11.6 Å². The van der Waals surface area contributed by atoms with E-state index in [2.05, 4.69) is 15.9 Å². The molecule has 1 rings (SSSR count). The third kappa shape index (κ3) is 4.04. The number of benzene rings is 1. The van der Waals surface area contributed by atoms with Crippen molar-refractivity contribution in [2.45, 2.75) is 32.9 Å². The largest absolute Gasteiger partial charge is 0.453 e. The van der Waals surface area contributed by atoms with Crippen LogP contribution in [0.5, 0.6) is 0 Å². The Morgan fingerprint density at radius 1 is 1.29 bits per heavy atom. The number of hydrogen-bond acceptors (Lipinski definition) is 2. The molecular formula is C13H18BrNO2. The number of ether oxygens (including phenoxy) is 1. The summed E-state index contributed by atoms with van der Waals surface area (Å²) in [6.45, 7) is 6.51. The van der Waals surface area contributed by atoms with Crippen LogP contribution in [0.1, 0.15) is 26.3 Å². The van der Waals surface area contributed by atoms with Gasteiger partial charge >= 0.3 is 6.09 Å². The van der Waals surface area contributed by atoms with E-state index in [1.165, 1.54) is 7.11 Å². The Hall–Kier alpha value is -1.03. The van der Waals surface area contributed by atoms with E-state index in [1.807, 2.05) is 45.0 Å². The molecule has 0 saturated heterocycles. The molecule has 0 aliphatic heterocycles. The van der Waals surface area contributed by atoms with Gasteiger partial charge in [-0.25, -0.2) is 4.79 Å². The molecule has 0 spiro atoms. The molecular weight excluding hydrogens is 282 g/mol. The van der Waals surface area contributed by atoms with Crippen LogP contribution in [0.4, 0.5) is 4.79 Å². The van der Waals surface area contributed by atoms with Crippen molar-refractivity contribution in [1.29, 1.82) is 0 Å². The molecule has 0 aliphatic carbocycles. The summed E-state index contributed by atoms with van der Waals surface area (Å²) in [5.41, 5.74) is 0.814. The summed E-state index contributed by atoms with van der Waals surface area (Å²) in [6.07, 6.45) is -0.305. The first-order valence-corrected chi connectivity index (χ1v) is 6.24. The maximum Gasteiger partial charge on any atom is 0.410 e. The highest BCUT2D eigenvalue weighted by molar-refractivity contribution is 9.10. The maximum atomic E-state index is 11.7. The molecule has 0 aliphatic rings. The zero-order valence-electron chi connectivity index (χ0n) is 10.7. The first-order valence-electron chi connectivity index (χ1n) is 5.44. The molecule has 1 amide bonds. The average Bonchev–Trinajstić information content (AvgIpc) is 2.25. The van der Waals surface area contributed by atoms with E-state index in [4.69, 9.17) is 4.74 Å². The second-order valence-corrected chi connectivity index (χ2v) is 5.77. The van der Waals surface area contributed by atoms with Gasteiger partial charge < -0.3 is 4.74 Å². The molecule has 0 heterocycles. The minimum Gasteiger partial charge on any atom is -0.453 e. The molecule has 0 N–H and O–H groups in total. The van der Waals surface area contributed by atoms with Gasteiger partial charge in [0.25, 0.3) is 0 Å². The first kappa shape index (κ1) is 14.0. The lowest BCUT2D eigenvalue weighted by Crippen LogP contribution is -2.44. The van der Waals surface area contributed by atoms with Crippen molar-refractivity contribution in [2.24, 2.45) is 0 Å². The minimum atomic E-state index is -0.305. The van der Waals surface area contributed by atoms with Crippen molar-refractivity contribution in [3.8, 4) is 0 Å². The standard InChI is InChI=1S/C13H18BrNO2/c1-13(2,3)15(12(16)17-4)9-10-5-7-11(14)8-6-10/h5-8H,9H2,1-4H3.